The highest BCUT2D eigenvalue weighted by Gasteiger charge is 1.96. The minimum absolute atomic E-state index is 0.731. The summed E-state index contributed by atoms with van der Waals surface area (Å²) in [5, 5.41) is 0. The zero-order valence-corrected chi connectivity index (χ0v) is 7.35. The van der Waals surface area contributed by atoms with Gasteiger partial charge in [0.05, 0.1) is 0 Å². The quantitative estimate of drug-likeness (QED) is 0.411. The fourth-order valence-electron chi connectivity index (χ4n) is 0.877. The molecule has 0 aliphatic heterocycles. The predicted octanol–water partition coefficient (Wildman–Crippen LogP) is 2.73. The highest BCUT2D eigenvalue weighted by atomic mass is 13.8. The maximum absolute atomic E-state index is 3.95. The molecular formula is C9H17B. The highest BCUT2D eigenvalue weighted by Crippen LogP contribution is 2.04. The molecule has 10 heavy (non-hydrogen) atoms. The van der Waals surface area contributed by atoms with E-state index in [9.17, 15) is 0 Å². The molecule has 0 aliphatic rings. The zero-order chi connectivity index (χ0) is 7.98. The Kier molecular flexibility index (Phi) is 5.10. The van der Waals surface area contributed by atoms with Crippen molar-refractivity contribution in [2.75, 3.05) is 0 Å². The van der Waals surface area contributed by atoms with Gasteiger partial charge in [0.15, 0.2) is 7.28 Å². The molecule has 0 heterocycles. The predicted molar refractivity (Wildman–Crippen MR) is 50.8 cm³/mol. The Labute approximate surface area is 65.3 Å². The molecule has 0 rings (SSSR count). The van der Waals surface area contributed by atoms with Crippen LogP contribution in [0.25, 0.3) is 0 Å². The molecule has 0 aromatic rings. The minimum Gasteiger partial charge on any atom is -0.105 e. The van der Waals surface area contributed by atoms with Gasteiger partial charge in [0.25, 0.3) is 0 Å². The summed E-state index contributed by atoms with van der Waals surface area (Å²) in [6.07, 6.45) is 5.39. The Bertz CT molecular complexity index is 123. The van der Waals surface area contributed by atoms with E-state index < -0.39 is 0 Å². The summed E-state index contributed by atoms with van der Waals surface area (Å²) in [6, 6.07) is 0. The van der Waals surface area contributed by atoms with E-state index in [2.05, 4.69) is 39.5 Å². The molecule has 0 spiro atoms. The monoisotopic (exact) mass is 136 g/mol. The third kappa shape index (κ3) is 5.68. The molecule has 0 N–H and O–H groups in total. The number of hydrogen-bond donors (Lipinski definition) is 0. The second-order valence-electron chi connectivity index (χ2n) is 3.07. The topological polar surface area (TPSA) is 0 Å². The Morgan fingerprint density at radius 2 is 2.20 bits per heavy atom. The van der Waals surface area contributed by atoms with Crippen LogP contribution in [0.2, 0.25) is 5.82 Å². The summed E-state index contributed by atoms with van der Waals surface area (Å²) < 4.78 is 0. The van der Waals surface area contributed by atoms with Crippen molar-refractivity contribution in [3.63, 3.8) is 0 Å². The van der Waals surface area contributed by atoms with Crippen molar-refractivity contribution in [2.24, 2.45) is 0 Å². The normalized spacial score (nSPS) is 10.8. The summed E-state index contributed by atoms with van der Waals surface area (Å²) in [5.74, 6) is 0.731. The van der Waals surface area contributed by atoms with Gasteiger partial charge in [0.1, 0.15) is 0 Å². The molecule has 0 unspecified atom stereocenters. The van der Waals surface area contributed by atoms with Gasteiger partial charge in [-0.25, -0.2) is 0 Å². The lowest BCUT2D eigenvalue weighted by molar-refractivity contribution is 1.06. The molecule has 0 aliphatic carbocycles. The fraction of sp³-hybridized carbons (Fsp3) is 0.556. The van der Waals surface area contributed by atoms with Crippen molar-refractivity contribution in [2.45, 2.75) is 33.0 Å². The Morgan fingerprint density at radius 3 is 2.60 bits per heavy atom. The van der Waals surface area contributed by atoms with Gasteiger partial charge in [0.2, 0.25) is 0 Å². The molecule has 0 aromatic heterocycles. The van der Waals surface area contributed by atoms with E-state index in [0.29, 0.717) is 0 Å². The van der Waals surface area contributed by atoms with E-state index in [1.807, 2.05) is 0 Å². The Balaban J connectivity index is 3.54. The van der Waals surface area contributed by atoms with Crippen LogP contribution in [-0.2, 0) is 0 Å². The minimum atomic E-state index is 0.731. The van der Waals surface area contributed by atoms with Crippen molar-refractivity contribution >= 4 is 7.28 Å². The van der Waals surface area contributed by atoms with Gasteiger partial charge in [-0.3, -0.25) is 0 Å². The van der Waals surface area contributed by atoms with Crippen LogP contribution in [-0.4, -0.2) is 7.28 Å². The van der Waals surface area contributed by atoms with Crippen molar-refractivity contribution < 1.29 is 0 Å². The lowest BCUT2D eigenvalue weighted by atomic mass is 9.60. The number of allylic oxidation sites excluding steroid dienone is 3. The fourth-order valence-corrected chi connectivity index (χ4v) is 0.877. The number of hydrogen-bond acceptors (Lipinski definition) is 0. The lowest BCUT2D eigenvalue weighted by Gasteiger charge is -1.99. The molecule has 0 fully saturated rings. The summed E-state index contributed by atoms with van der Waals surface area (Å²) >= 11 is 0. The van der Waals surface area contributed by atoms with Gasteiger partial charge in [-0.05, 0) is 6.42 Å². The smallest absolute Gasteiger partial charge is 0.105 e. The van der Waals surface area contributed by atoms with Gasteiger partial charge in [-0.15, -0.1) is 6.58 Å². The van der Waals surface area contributed by atoms with Crippen LogP contribution in [0.5, 0.6) is 0 Å². The molecule has 0 bridgehead atoms. The second-order valence-corrected chi connectivity index (χ2v) is 3.07. The van der Waals surface area contributed by atoms with Gasteiger partial charge in [-0.2, -0.15) is 0 Å². The Hall–Kier alpha value is -0.455. The van der Waals surface area contributed by atoms with Crippen LogP contribution in [0.15, 0.2) is 24.2 Å². The summed E-state index contributed by atoms with van der Waals surface area (Å²) in [5.41, 5.74) is 1.25. The molecule has 0 aromatic carbocycles. The summed E-state index contributed by atoms with van der Waals surface area (Å²) in [6.45, 7) is 10.5. The molecule has 0 saturated heterocycles. The van der Waals surface area contributed by atoms with Crippen LogP contribution in [0.1, 0.15) is 27.2 Å². The molecule has 0 radical (unpaired) electrons. The van der Waals surface area contributed by atoms with E-state index in [1.165, 1.54) is 5.47 Å². The van der Waals surface area contributed by atoms with Crippen LogP contribution < -0.4 is 0 Å². The average Bonchev–Trinajstić information content (AvgIpc) is 1.82. The third-order valence-electron chi connectivity index (χ3n) is 1.26. The van der Waals surface area contributed by atoms with Crippen LogP contribution in [0.4, 0.5) is 0 Å². The van der Waals surface area contributed by atoms with Crippen molar-refractivity contribution in [1.82, 2.24) is 0 Å². The van der Waals surface area contributed by atoms with E-state index >= 15 is 0 Å². The first-order valence-corrected chi connectivity index (χ1v) is 4.01. The average molecular weight is 136 g/mol. The van der Waals surface area contributed by atoms with Gasteiger partial charge in [-0.1, -0.05) is 44.2 Å². The standard InChI is InChI=1S/C9H17B/c1-5-6-7-9(4)10-8(2)3/h6-8,10H,4-5H2,1-3H3/b7-6+. The van der Waals surface area contributed by atoms with Crippen LogP contribution in [0.3, 0.4) is 0 Å². The SMILES string of the molecule is C=C(BC(C)C)/C=C/CC. The summed E-state index contributed by atoms with van der Waals surface area (Å²) in [7, 11) is 1.12. The van der Waals surface area contributed by atoms with E-state index in [1.54, 1.807) is 0 Å². The van der Waals surface area contributed by atoms with Crippen molar-refractivity contribution in [1.29, 1.82) is 0 Å². The number of rotatable bonds is 4. The Morgan fingerprint density at radius 1 is 1.60 bits per heavy atom. The van der Waals surface area contributed by atoms with Gasteiger partial charge < -0.3 is 0 Å². The lowest BCUT2D eigenvalue weighted by Crippen LogP contribution is -1.96. The third-order valence-corrected chi connectivity index (χ3v) is 1.26. The largest absolute Gasteiger partial charge is 0.159 e. The molecule has 0 saturated carbocycles. The summed E-state index contributed by atoms with van der Waals surface area (Å²) in [4.78, 5) is 0. The first-order chi connectivity index (χ1) is 4.66. The molecular weight excluding hydrogens is 119 g/mol. The van der Waals surface area contributed by atoms with Crippen LogP contribution in [0, 0.1) is 0 Å². The molecule has 0 atom stereocenters. The zero-order valence-electron chi connectivity index (χ0n) is 7.35. The maximum atomic E-state index is 3.95. The van der Waals surface area contributed by atoms with Crippen molar-refractivity contribution in [3.05, 3.63) is 24.2 Å². The second kappa shape index (κ2) is 5.34. The highest BCUT2D eigenvalue weighted by molar-refractivity contribution is 6.47. The van der Waals surface area contributed by atoms with Crippen LogP contribution >= 0.6 is 0 Å². The maximum Gasteiger partial charge on any atom is 0.159 e. The van der Waals surface area contributed by atoms with Crippen molar-refractivity contribution in [3.8, 4) is 0 Å². The van der Waals surface area contributed by atoms with E-state index in [0.717, 1.165) is 19.5 Å². The molecule has 56 valence electrons. The molecule has 1 heteroatoms. The first kappa shape index (κ1) is 9.54. The van der Waals surface area contributed by atoms with Gasteiger partial charge >= 0.3 is 0 Å². The van der Waals surface area contributed by atoms with Gasteiger partial charge in [0, 0.05) is 0 Å². The van der Waals surface area contributed by atoms with E-state index in [-0.39, 0.29) is 0 Å². The molecule has 0 amide bonds. The first-order valence-electron chi connectivity index (χ1n) is 4.01. The molecule has 0 nitrogen and oxygen atoms in total. The van der Waals surface area contributed by atoms with E-state index in [4.69, 9.17) is 0 Å².